The summed E-state index contributed by atoms with van der Waals surface area (Å²) in [6, 6.07) is 3.99. The largest absolute Gasteiger partial charge is 0.480 e. The van der Waals surface area contributed by atoms with Crippen LogP contribution in [0.1, 0.15) is 85.8 Å². The van der Waals surface area contributed by atoms with Gasteiger partial charge in [0.05, 0.1) is 29.0 Å². The Morgan fingerprint density at radius 1 is 1.05 bits per heavy atom. The summed E-state index contributed by atoms with van der Waals surface area (Å²) in [5.74, 6) is -6.07. The van der Waals surface area contributed by atoms with E-state index in [0.717, 1.165) is 22.2 Å². The molecule has 1 aliphatic heterocycles. The van der Waals surface area contributed by atoms with Gasteiger partial charge in [-0.1, -0.05) is 66.7 Å². The van der Waals surface area contributed by atoms with Crippen molar-refractivity contribution >= 4 is 59.1 Å². The summed E-state index contributed by atoms with van der Waals surface area (Å²) in [6.45, 7) is 14.1. The Morgan fingerprint density at radius 2 is 1.69 bits per heavy atom. The molecule has 0 bridgehead atoms. The fourth-order valence-electron chi connectivity index (χ4n) is 6.79. The van der Waals surface area contributed by atoms with Crippen LogP contribution < -0.4 is 27.0 Å². The third-order valence-corrected chi connectivity index (χ3v) is 11.9. The van der Waals surface area contributed by atoms with Crippen LogP contribution in [-0.2, 0) is 43.8 Å². The van der Waals surface area contributed by atoms with E-state index in [0.29, 0.717) is 5.56 Å². The summed E-state index contributed by atoms with van der Waals surface area (Å²) in [5.41, 5.74) is 5.25. The summed E-state index contributed by atoms with van der Waals surface area (Å²) in [6.07, 6.45) is 0.835. The van der Waals surface area contributed by atoms with E-state index in [1.54, 1.807) is 38.4 Å². The average molecular weight is 871 g/mol. The Morgan fingerprint density at radius 3 is 2.23 bits per heavy atom. The lowest BCUT2D eigenvalue weighted by atomic mass is 9.76. The predicted octanol–water partition coefficient (Wildman–Crippen LogP) is 1.12. The van der Waals surface area contributed by atoms with E-state index >= 15 is 0 Å². The summed E-state index contributed by atoms with van der Waals surface area (Å²) in [4.78, 5) is 105. The lowest BCUT2D eigenvalue weighted by Gasteiger charge is -2.40. The number of amides is 6. The van der Waals surface area contributed by atoms with Crippen molar-refractivity contribution in [1.82, 2.24) is 31.1 Å². The minimum atomic E-state index is -1.46. The Bertz CT molecular complexity index is 1890. The molecular weight excluding hydrogens is 809 g/mol. The average Bonchev–Trinajstić information content (AvgIpc) is 3.45. The van der Waals surface area contributed by atoms with Crippen LogP contribution in [0.4, 0.5) is 0 Å². The topological polar surface area (TPSA) is 281 Å². The second-order valence-electron chi connectivity index (χ2n) is 17.1. The zero-order valence-electron chi connectivity index (χ0n) is 36.7. The number of carboxylic acid groups (broad SMARTS) is 2. The number of carbonyl (C=O) groups is 8. The molecule has 0 aromatic heterocycles. The highest BCUT2D eigenvalue weighted by atomic mass is 32.2. The normalized spacial score (nSPS) is 17.1. The number of hydrogen-bond donors (Lipinski definition) is 7. The van der Waals surface area contributed by atoms with Gasteiger partial charge >= 0.3 is 11.9 Å². The van der Waals surface area contributed by atoms with Crippen molar-refractivity contribution in [3.05, 3.63) is 47.0 Å². The standard InChI is InChI=1S/C42H62N8O10S/c1-23(2)29(49(10)38(56)34(41(4,5)6)48-36(54)33(45-9)42(7,8)26-13-11-12-25(19-26)21-43)18-24(3)35(53)47-28(40(59)60)14-15-31(51)46-16-17-50-32(52)20-30(37(50)55)61-22-27(44)39(57)58/h11-13,18-19,23,27-30,33-34,45H,14-17,20,22,44H2,1-10H3,(H,46,51)(H,47,53)(H,48,54)(H,57,58)(H,59,60)/b24-18+/t27-,28+,29+,30?,33+,34?/m0/s1. The van der Waals surface area contributed by atoms with Crippen LogP contribution >= 0.6 is 11.8 Å². The monoisotopic (exact) mass is 870 g/mol. The molecule has 1 saturated heterocycles. The Kier molecular flexibility index (Phi) is 19.1. The van der Waals surface area contributed by atoms with Gasteiger partial charge in [0.2, 0.25) is 35.4 Å². The van der Waals surface area contributed by atoms with Gasteiger partial charge in [0.1, 0.15) is 18.1 Å². The molecule has 6 atom stereocenters. The Labute approximate surface area is 361 Å². The summed E-state index contributed by atoms with van der Waals surface area (Å²) >= 11 is 0.970. The smallest absolute Gasteiger partial charge is 0.326 e. The highest BCUT2D eigenvalue weighted by molar-refractivity contribution is 8.00. The first-order valence-corrected chi connectivity index (χ1v) is 21.0. The van der Waals surface area contributed by atoms with Gasteiger partial charge in [-0.3, -0.25) is 38.5 Å². The van der Waals surface area contributed by atoms with Crippen LogP contribution in [-0.4, -0.2) is 136 Å². The van der Waals surface area contributed by atoms with Gasteiger partial charge in [-0.25, -0.2) is 4.79 Å². The second kappa shape index (κ2) is 22.5. The van der Waals surface area contributed by atoms with Crippen molar-refractivity contribution in [3.63, 3.8) is 0 Å². The van der Waals surface area contributed by atoms with Crippen LogP contribution in [0.15, 0.2) is 35.9 Å². The maximum absolute atomic E-state index is 14.3. The van der Waals surface area contributed by atoms with E-state index in [1.165, 1.54) is 11.8 Å². The van der Waals surface area contributed by atoms with Gasteiger partial charge in [-0.2, -0.15) is 5.26 Å². The van der Waals surface area contributed by atoms with Crippen molar-refractivity contribution in [2.45, 2.75) is 116 Å². The maximum Gasteiger partial charge on any atom is 0.326 e. The van der Waals surface area contributed by atoms with Crippen LogP contribution in [0, 0.1) is 22.7 Å². The van der Waals surface area contributed by atoms with Gasteiger partial charge in [0.25, 0.3) is 0 Å². The van der Waals surface area contributed by atoms with Crippen LogP contribution in [0.5, 0.6) is 0 Å². The first-order valence-electron chi connectivity index (χ1n) is 20.0. The van der Waals surface area contributed by atoms with Crippen molar-refractivity contribution in [1.29, 1.82) is 5.26 Å². The van der Waals surface area contributed by atoms with E-state index in [2.05, 4.69) is 27.3 Å². The fourth-order valence-corrected chi connectivity index (χ4v) is 7.91. The molecule has 6 amide bonds. The summed E-state index contributed by atoms with van der Waals surface area (Å²) < 4.78 is 0. The minimum absolute atomic E-state index is 0.0610. The molecule has 0 spiro atoms. The molecule has 1 heterocycles. The van der Waals surface area contributed by atoms with Gasteiger partial charge in [0.15, 0.2) is 0 Å². The molecule has 0 radical (unpaired) electrons. The zero-order valence-corrected chi connectivity index (χ0v) is 37.5. The quantitative estimate of drug-likeness (QED) is 0.0636. The third-order valence-electron chi connectivity index (χ3n) is 10.6. The number of nitriles is 1. The highest BCUT2D eigenvalue weighted by Gasteiger charge is 2.42. The van der Waals surface area contributed by atoms with Gasteiger partial charge in [0, 0.05) is 49.7 Å². The SMILES string of the molecule is CN[C@H](C(=O)NC(C(=O)N(C)[C@H](/C=C(\C)C(=O)N[C@H](CCC(=O)NCCN1C(=O)CC(SC[C@H](N)C(=O)O)C1=O)C(=O)O)C(C)C)C(C)(C)C)C(C)(C)c1cccc(C#N)c1. The number of hydrogen-bond acceptors (Lipinski definition) is 12. The number of carbonyl (C=O) groups excluding carboxylic acids is 6. The van der Waals surface area contributed by atoms with Crippen molar-refractivity contribution < 1.29 is 48.6 Å². The van der Waals surface area contributed by atoms with Gasteiger partial charge < -0.3 is 42.1 Å². The number of rotatable bonds is 22. The predicted molar refractivity (Wildman–Crippen MR) is 229 cm³/mol. The number of nitrogens with zero attached hydrogens (tertiary/aromatic N) is 3. The number of likely N-dealkylation sites (N-methyl/N-ethyl adjacent to an activating group) is 2. The van der Waals surface area contributed by atoms with Crippen LogP contribution in [0.2, 0.25) is 0 Å². The number of imide groups is 1. The van der Waals surface area contributed by atoms with Crippen molar-refractivity contribution in [3.8, 4) is 6.07 Å². The number of nitrogens with one attached hydrogen (secondary N) is 4. The molecule has 2 unspecified atom stereocenters. The van der Waals surface area contributed by atoms with E-state index in [1.807, 2.05) is 54.5 Å². The number of thioether (sulfide) groups is 1. The molecule has 0 aliphatic carbocycles. The molecule has 19 heteroatoms. The van der Waals surface area contributed by atoms with Gasteiger partial charge in [-0.15, -0.1) is 11.8 Å². The van der Waals surface area contributed by atoms with Crippen LogP contribution in [0.25, 0.3) is 0 Å². The van der Waals surface area contributed by atoms with Crippen molar-refractivity contribution in [2.24, 2.45) is 17.1 Å². The highest BCUT2D eigenvalue weighted by Crippen LogP contribution is 2.30. The molecule has 2 rings (SSSR count). The first kappa shape index (κ1) is 51.8. The summed E-state index contributed by atoms with van der Waals surface area (Å²) in [5, 5.41) is 38.5. The lowest BCUT2D eigenvalue weighted by molar-refractivity contribution is -0.142. The molecule has 18 nitrogen and oxygen atoms in total. The maximum atomic E-state index is 14.3. The first-order chi connectivity index (χ1) is 28.3. The molecular formula is C42H62N8O10S. The summed E-state index contributed by atoms with van der Waals surface area (Å²) in [7, 11) is 3.21. The third kappa shape index (κ3) is 14.4. The molecule has 336 valence electrons. The van der Waals surface area contributed by atoms with E-state index in [9.17, 15) is 48.7 Å². The number of likely N-dealkylation sites (tertiary alicyclic amines) is 1. The van der Waals surface area contributed by atoms with E-state index < -0.39 is 93.7 Å². The molecule has 1 aromatic rings. The second-order valence-corrected chi connectivity index (χ2v) is 18.3. The molecule has 1 fully saturated rings. The Hall–Kier alpha value is -5.32. The molecule has 1 aliphatic rings. The number of nitrogens with two attached hydrogens (primary N) is 1. The Balaban J connectivity index is 2.10. The number of aliphatic carboxylic acids is 2. The molecule has 0 saturated carbocycles. The minimum Gasteiger partial charge on any atom is -0.480 e. The van der Waals surface area contributed by atoms with E-state index in [4.69, 9.17) is 10.8 Å². The molecule has 1 aromatic carbocycles. The van der Waals surface area contributed by atoms with E-state index in [-0.39, 0.29) is 49.6 Å². The van der Waals surface area contributed by atoms with Gasteiger partial charge in [-0.05, 0) is 49.4 Å². The molecule has 8 N–H and O–H groups in total. The number of benzene rings is 1. The lowest BCUT2D eigenvalue weighted by Crippen LogP contribution is -2.61. The zero-order chi connectivity index (χ0) is 46.6. The van der Waals surface area contributed by atoms with Crippen LogP contribution in [0.3, 0.4) is 0 Å². The number of carboxylic acids is 2. The van der Waals surface area contributed by atoms with Crippen molar-refractivity contribution in [2.75, 3.05) is 32.9 Å². The fraction of sp³-hybridized carbons (Fsp3) is 0.595. The molecule has 61 heavy (non-hydrogen) atoms.